The predicted octanol–water partition coefficient (Wildman–Crippen LogP) is 5.37. The summed E-state index contributed by atoms with van der Waals surface area (Å²) >= 11 is 12.0. The van der Waals surface area contributed by atoms with E-state index in [1.807, 2.05) is 24.3 Å². The number of unbranched alkanes of at least 4 members (excludes halogenated alkanes) is 1. The molecule has 0 aliphatic carbocycles. The fraction of sp³-hybridized carbons (Fsp3) is 0.263. The third-order valence-corrected chi connectivity index (χ3v) is 4.71. The molecule has 1 heterocycles. The lowest BCUT2D eigenvalue weighted by Gasteiger charge is -2.08. The number of anilines is 1. The molecule has 3 aromatic rings. The van der Waals surface area contributed by atoms with Crippen molar-refractivity contribution in [2.75, 3.05) is 11.9 Å². The first kappa shape index (κ1) is 19.3. The molecule has 0 atom stereocenters. The van der Waals surface area contributed by atoms with Crippen LogP contribution in [-0.4, -0.2) is 22.8 Å². The second-order valence-corrected chi connectivity index (χ2v) is 6.87. The monoisotopic (exact) mass is 406 g/mol. The number of amides is 2. The molecule has 142 valence electrons. The number of halogens is 2. The van der Waals surface area contributed by atoms with E-state index < -0.39 is 0 Å². The smallest absolute Gasteiger partial charge is 0.320 e. The van der Waals surface area contributed by atoms with Crippen LogP contribution in [0.5, 0.6) is 5.75 Å². The molecule has 0 aliphatic rings. The van der Waals surface area contributed by atoms with Crippen molar-refractivity contribution >= 4 is 46.0 Å². The maximum absolute atomic E-state index is 12.0. The number of hydrogen-bond donors (Lipinski definition) is 3. The lowest BCUT2D eigenvalue weighted by atomic mass is 10.2. The van der Waals surface area contributed by atoms with Gasteiger partial charge in [-0.1, -0.05) is 42.6 Å². The average molecular weight is 407 g/mol. The highest BCUT2D eigenvalue weighted by Crippen LogP contribution is 2.27. The zero-order valence-corrected chi connectivity index (χ0v) is 16.3. The van der Waals surface area contributed by atoms with Gasteiger partial charge in [-0.2, -0.15) is 5.10 Å². The van der Waals surface area contributed by atoms with E-state index in [1.165, 1.54) is 0 Å². The minimum Gasteiger partial charge on any atom is -0.489 e. The van der Waals surface area contributed by atoms with Gasteiger partial charge in [0, 0.05) is 11.9 Å². The van der Waals surface area contributed by atoms with Crippen LogP contribution in [0.2, 0.25) is 10.0 Å². The molecule has 0 saturated heterocycles. The van der Waals surface area contributed by atoms with Gasteiger partial charge in [0.05, 0.1) is 15.6 Å². The van der Waals surface area contributed by atoms with Gasteiger partial charge in [-0.05, 0) is 42.3 Å². The second-order valence-electron chi connectivity index (χ2n) is 6.05. The van der Waals surface area contributed by atoms with E-state index in [9.17, 15) is 4.79 Å². The first-order valence-electron chi connectivity index (χ1n) is 8.66. The van der Waals surface area contributed by atoms with Crippen LogP contribution in [0.1, 0.15) is 25.3 Å². The molecular formula is C19H20Cl2N4O2. The first-order chi connectivity index (χ1) is 13.1. The van der Waals surface area contributed by atoms with Crippen molar-refractivity contribution in [3.05, 3.63) is 52.0 Å². The number of nitrogens with zero attached hydrogens (tertiary/aromatic N) is 1. The summed E-state index contributed by atoms with van der Waals surface area (Å²) in [4.78, 5) is 12.0. The molecule has 0 radical (unpaired) electrons. The quantitative estimate of drug-likeness (QED) is 0.461. The number of urea groups is 1. The molecule has 8 heteroatoms. The van der Waals surface area contributed by atoms with Crippen LogP contribution < -0.4 is 15.4 Å². The summed E-state index contributed by atoms with van der Waals surface area (Å²) in [6.07, 6.45) is 1.95. The molecule has 27 heavy (non-hydrogen) atoms. The van der Waals surface area contributed by atoms with Crippen LogP contribution >= 0.6 is 23.2 Å². The number of H-pyrrole nitrogens is 1. The SMILES string of the molecule is CCCCNC(=O)Nc1n[nH]c2ccc(OCc3ccc(Cl)c(Cl)c3)cc12. The standard InChI is InChI=1S/C19H20Cl2N4O2/c1-2-3-8-22-19(26)23-18-14-10-13(5-7-17(14)24-25-18)27-11-12-4-6-15(20)16(21)9-12/h4-7,9-10H,2-3,8,11H2,1H3,(H3,22,23,24,25,26). The van der Waals surface area contributed by atoms with Gasteiger partial charge < -0.3 is 10.1 Å². The number of carbonyl (C=O) groups is 1. The van der Waals surface area contributed by atoms with Crippen molar-refractivity contribution in [1.29, 1.82) is 0 Å². The van der Waals surface area contributed by atoms with E-state index in [1.54, 1.807) is 12.1 Å². The minimum atomic E-state index is -0.279. The summed E-state index contributed by atoms with van der Waals surface area (Å²) in [6, 6.07) is 10.6. The molecule has 0 spiro atoms. The van der Waals surface area contributed by atoms with Crippen LogP contribution in [-0.2, 0) is 6.61 Å². The molecule has 6 nitrogen and oxygen atoms in total. The third kappa shape index (κ3) is 5.05. The Bertz CT molecular complexity index is 943. The Labute approximate surface area is 167 Å². The van der Waals surface area contributed by atoms with Gasteiger partial charge >= 0.3 is 6.03 Å². The van der Waals surface area contributed by atoms with Crippen molar-refractivity contribution in [3.63, 3.8) is 0 Å². The summed E-state index contributed by atoms with van der Waals surface area (Å²) in [7, 11) is 0. The van der Waals surface area contributed by atoms with Gasteiger partial charge in [-0.15, -0.1) is 0 Å². The predicted molar refractivity (Wildman–Crippen MR) is 109 cm³/mol. The highest BCUT2D eigenvalue weighted by molar-refractivity contribution is 6.42. The largest absolute Gasteiger partial charge is 0.489 e. The van der Waals surface area contributed by atoms with Gasteiger partial charge in [0.25, 0.3) is 0 Å². The Morgan fingerprint density at radius 2 is 2.04 bits per heavy atom. The Morgan fingerprint density at radius 3 is 2.81 bits per heavy atom. The number of aromatic amines is 1. The van der Waals surface area contributed by atoms with Crippen LogP contribution in [0.25, 0.3) is 10.9 Å². The Hall–Kier alpha value is -2.44. The normalized spacial score (nSPS) is 10.8. The average Bonchev–Trinajstić information content (AvgIpc) is 3.05. The summed E-state index contributed by atoms with van der Waals surface area (Å²) in [5, 5.41) is 14.4. The fourth-order valence-electron chi connectivity index (χ4n) is 2.50. The Morgan fingerprint density at radius 1 is 1.19 bits per heavy atom. The summed E-state index contributed by atoms with van der Waals surface area (Å²) in [5.74, 6) is 1.11. The zero-order chi connectivity index (χ0) is 19.2. The Kier molecular flexibility index (Phi) is 6.42. The summed E-state index contributed by atoms with van der Waals surface area (Å²) in [6.45, 7) is 3.05. The van der Waals surface area contributed by atoms with E-state index in [4.69, 9.17) is 27.9 Å². The molecular weight excluding hydrogens is 387 g/mol. The zero-order valence-electron chi connectivity index (χ0n) is 14.8. The number of aromatic nitrogens is 2. The molecule has 2 aromatic carbocycles. The lowest BCUT2D eigenvalue weighted by molar-refractivity contribution is 0.252. The van der Waals surface area contributed by atoms with E-state index in [0.717, 1.165) is 29.3 Å². The maximum Gasteiger partial charge on any atom is 0.320 e. The van der Waals surface area contributed by atoms with Crippen LogP contribution in [0.15, 0.2) is 36.4 Å². The van der Waals surface area contributed by atoms with Crippen molar-refractivity contribution < 1.29 is 9.53 Å². The summed E-state index contributed by atoms with van der Waals surface area (Å²) < 4.78 is 5.83. The number of fused-ring (bicyclic) bond motifs is 1. The fourth-order valence-corrected chi connectivity index (χ4v) is 2.83. The van der Waals surface area contributed by atoms with E-state index >= 15 is 0 Å². The van der Waals surface area contributed by atoms with E-state index in [0.29, 0.717) is 34.8 Å². The Balaban J connectivity index is 1.68. The van der Waals surface area contributed by atoms with Gasteiger partial charge in [-0.25, -0.2) is 4.79 Å². The van der Waals surface area contributed by atoms with E-state index in [-0.39, 0.29) is 6.03 Å². The molecule has 1 aromatic heterocycles. The number of rotatable bonds is 7. The van der Waals surface area contributed by atoms with Crippen molar-refractivity contribution in [2.45, 2.75) is 26.4 Å². The van der Waals surface area contributed by atoms with Crippen LogP contribution in [0.3, 0.4) is 0 Å². The third-order valence-electron chi connectivity index (χ3n) is 3.97. The van der Waals surface area contributed by atoms with Crippen molar-refractivity contribution in [1.82, 2.24) is 15.5 Å². The van der Waals surface area contributed by atoms with E-state index in [2.05, 4.69) is 27.8 Å². The van der Waals surface area contributed by atoms with Gasteiger partial charge in [0.15, 0.2) is 5.82 Å². The molecule has 0 saturated carbocycles. The van der Waals surface area contributed by atoms with Crippen molar-refractivity contribution in [3.8, 4) is 5.75 Å². The molecule has 0 unspecified atom stereocenters. The minimum absolute atomic E-state index is 0.279. The number of carbonyl (C=O) groups excluding carboxylic acids is 1. The second kappa shape index (κ2) is 8.97. The molecule has 2 amide bonds. The summed E-state index contributed by atoms with van der Waals surface area (Å²) in [5.41, 5.74) is 1.71. The molecule has 0 fully saturated rings. The van der Waals surface area contributed by atoms with Gasteiger partial charge in [0.1, 0.15) is 12.4 Å². The number of hydrogen-bond acceptors (Lipinski definition) is 3. The molecule has 3 N–H and O–H groups in total. The van der Waals surface area contributed by atoms with Gasteiger partial charge in [-0.3, -0.25) is 10.4 Å². The number of ether oxygens (including phenoxy) is 1. The molecule has 0 bridgehead atoms. The highest BCUT2D eigenvalue weighted by Gasteiger charge is 2.10. The number of nitrogens with one attached hydrogen (secondary N) is 3. The van der Waals surface area contributed by atoms with Crippen LogP contribution in [0.4, 0.5) is 10.6 Å². The molecule has 3 rings (SSSR count). The molecule has 0 aliphatic heterocycles. The maximum atomic E-state index is 12.0. The van der Waals surface area contributed by atoms with Gasteiger partial charge in [0.2, 0.25) is 0 Å². The highest BCUT2D eigenvalue weighted by atomic mass is 35.5. The van der Waals surface area contributed by atoms with Crippen LogP contribution in [0, 0.1) is 0 Å². The number of benzene rings is 2. The first-order valence-corrected chi connectivity index (χ1v) is 9.42. The topological polar surface area (TPSA) is 79.0 Å². The lowest BCUT2D eigenvalue weighted by Crippen LogP contribution is -2.29. The van der Waals surface area contributed by atoms with Crippen molar-refractivity contribution in [2.24, 2.45) is 0 Å².